The van der Waals surface area contributed by atoms with Gasteiger partial charge in [0.25, 0.3) is 0 Å². The standard InChI is InChI=1S/C12H18N4O/c1-2-13-8-4-6-10-16-12(17)15-9-5-3-7-11(15)14-16/h3,5,7,9,13H,2,4,6,8,10H2,1H3. The molecule has 5 nitrogen and oxygen atoms in total. The first-order valence-electron chi connectivity index (χ1n) is 6.08. The van der Waals surface area contributed by atoms with Gasteiger partial charge in [-0.15, -0.1) is 5.10 Å². The summed E-state index contributed by atoms with van der Waals surface area (Å²) in [4.78, 5) is 11.9. The van der Waals surface area contributed by atoms with Crippen molar-refractivity contribution in [2.75, 3.05) is 13.1 Å². The third kappa shape index (κ3) is 2.74. The van der Waals surface area contributed by atoms with Crippen molar-refractivity contribution in [2.24, 2.45) is 0 Å². The summed E-state index contributed by atoms with van der Waals surface area (Å²) >= 11 is 0. The predicted octanol–water partition coefficient (Wildman–Crippen LogP) is 0.886. The summed E-state index contributed by atoms with van der Waals surface area (Å²) in [6.07, 6.45) is 3.78. The van der Waals surface area contributed by atoms with E-state index in [0.717, 1.165) is 25.9 Å². The lowest BCUT2D eigenvalue weighted by molar-refractivity contribution is 0.527. The highest BCUT2D eigenvalue weighted by atomic mass is 16.2. The Balaban J connectivity index is 1.99. The van der Waals surface area contributed by atoms with Gasteiger partial charge < -0.3 is 5.32 Å². The van der Waals surface area contributed by atoms with Gasteiger partial charge in [-0.1, -0.05) is 13.0 Å². The number of hydrogen-bond donors (Lipinski definition) is 1. The zero-order valence-corrected chi connectivity index (χ0v) is 10.1. The minimum absolute atomic E-state index is 0.0518. The molecule has 0 atom stereocenters. The molecule has 2 heterocycles. The second kappa shape index (κ2) is 5.63. The van der Waals surface area contributed by atoms with Crippen molar-refractivity contribution in [3.05, 3.63) is 34.9 Å². The number of rotatable bonds is 6. The molecule has 0 saturated carbocycles. The van der Waals surface area contributed by atoms with E-state index in [1.807, 2.05) is 18.2 Å². The van der Waals surface area contributed by atoms with E-state index in [0.29, 0.717) is 12.2 Å². The molecule has 0 spiro atoms. The van der Waals surface area contributed by atoms with Crippen LogP contribution in [0.25, 0.3) is 5.65 Å². The number of pyridine rings is 1. The van der Waals surface area contributed by atoms with Crippen LogP contribution in [-0.4, -0.2) is 27.3 Å². The van der Waals surface area contributed by atoms with Crippen molar-refractivity contribution < 1.29 is 0 Å². The summed E-state index contributed by atoms with van der Waals surface area (Å²) in [5, 5.41) is 7.54. The molecular weight excluding hydrogens is 216 g/mol. The topological polar surface area (TPSA) is 51.3 Å². The highest BCUT2D eigenvalue weighted by Crippen LogP contribution is 1.96. The van der Waals surface area contributed by atoms with Gasteiger partial charge in [-0.2, -0.15) is 0 Å². The maximum atomic E-state index is 11.9. The Morgan fingerprint density at radius 3 is 3.00 bits per heavy atom. The first kappa shape index (κ1) is 11.9. The fourth-order valence-electron chi connectivity index (χ4n) is 1.80. The molecule has 2 aromatic rings. The highest BCUT2D eigenvalue weighted by Gasteiger charge is 2.04. The summed E-state index contributed by atoms with van der Waals surface area (Å²) in [6.45, 7) is 4.77. The van der Waals surface area contributed by atoms with Gasteiger partial charge in [0.1, 0.15) is 0 Å². The van der Waals surface area contributed by atoms with Gasteiger partial charge in [-0.05, 0) is 38.1 Å². The molecule has 2 aromatic heterocycles. The SMILES string of the molecule is CCNCCCCn1nc2ccccn2c1=O. The van der Waals surface area contributed by atoms with Crippen molar-refractivity contribution in [3.8, 4) is 0 Å². The van der Waals surface area contributed by atoms with Crippen LogP contribution in [-0.2, 0) is 6.54 Å². The summed E-state index contributed by atoms with van der Waals surface area (Å²) < 4.78 is 3.12. The van der Waals surface area contributed by atoms with E-state index in [1.165, 1.54) is 0 Å². The maximum Gasteiger partial charge on any atom is 0.350 e. The van der Waals surface area contributed by atoms with Crippen LogP contribution >= 0.6 is 0 Å². The zero-order valence-electron chi connectivity index (χ0n) is 10.1. The van der Waals surface area contributed by atoms with E-state index in [4.69, 9.17) is 0 Å². The molecular formula is C12H18N4O. The highest BCUT2D eigenvalue weighted by molar-refractivity contribution is 5.35. The number of fused-ring (bicyclic) bond motifs is 1. The molecule has 17 heavy (non-hydrogen) atoms. The molecule has 0 aliphatic carbocycles. The van der Waals surface area contributed by atoms with Crippen LogP contribution in [0.4, 0.5) is 0 Å². The van der Waals surface area contributed by atoms with Gasteiger partial charge in [0, 0.05) is 12.7 Å². The second-order valence-electron chi connectivity index (χ2n) is 4.00. The number of unbranched alkanes of at least 4 members (excludes halogenated alkanes) is 1. The number of nitrogens with zero attached hydrogens (tertiary/aromatic N) is 3. The normalized spacial score (nSPS) is 11.1. The Bertz CT molecular complexity index is 529. The summed E-state index contributed by atoms with van der Waals surface area (Å²) in [5.41, 5.74) is 0.660. The van der Waals surface area contributed by atoms with Crippen LogP contribution in [0.5, 0.6) is 0 Å². The zero-order chi connectivity index (χ0) is 12.1. The Morgan fingerprint density at radius 1 is 1.35 bits per heavy atom. The first-order chi connectivity index (χ1) is 8.33. The first-order valence-corrected chi connectivity index (χ1v) is 6.08. The molecule has 0 aromatic carbocycles. The predicted molar refractivity (Wildman–Crippen MR) is 67.2 cm³/mol. The number of aryl methyl sites for hydroxylation is 1. The van der Waals surface area contributed by atoms with Crippen LogP contribution in [0.2, 0.25) is 0 Å². The molecule has 1 N–H and O–H groups in total. The Morgan fingerprint density at radius 2 is 2.24 bits per heavy atom. The van der Waals surface area contributed by atoms with Crippen LogP contribution in [0.1, 0.15) is 19.8 Å². The summed E-state index contributed by atoms with van der Waals surface area (Å²) in [6, 6.07) is 5.57. The van der Waals surface area contributed by atoms with Crippen LogP contribution in [0.15, 0.2) is 29.2 Å². The second-order valence-corrected chi connectivity index (χ2v) is 4.00. The third-order valence-corrected chi connectivity index (χ3v) is 2.71. The van der Waals surface area contributed by atoms with Crippen molar-refractivity contribution in [3.63, 3.8) is 0 Å². The van der Waals surface area contributed by atoms with E-state index in [1.54, 1.807) is 15.3 Å². The monoisotopic (exact) mass is 234 g/mol. The minimum atomic E-state index is -0.0518. The molecule has 0 bridgehead atoms. The minimum Gasteiger partial charge on any atom is -0.317 e. The number of hydrogen-bond acceptors (Lipinski definition) is 3. The van der Waals surface area contributed by atoms with Crippen molar-refractivity contribution >= 4 is 5.65 Å². The van der Waals surface area contributed by atoms with E-state index in [9.17, 15) is 4.79 Å². The van der Waals surface area contributed by atoms with E-state index >= 15 is 0 Å². The Kier molecular flexibility index (Phi) is 3.93. The Labute approximate surface area is 100 Å². The molecule has 0 saturated heterocycles. The average molecular weight is 234 g/mol. The lowest BCUT2D eigenvalue weighted by Gasteiger charge is -2.00. The molecule has 0 amide bonds. The smallest absolute Gasteiger partial charge is 0.317 e. The van der Waals surface area contributed by atoms with Gasteiger partial charge in [0.05, 0.1) is 0 Å². The molecule has 0 fully saturated rings. The molecule has 0 unspecified atom stereocenters. The van der Waals surface area contributed by atoms with Gasteiger partial charge in [-0.25, -0.2) is 9.48 Å². The number of nitrogens with one attached hydrogen (secondary N) is 1. The van der Waals surface area contributed by atoms with Gasteiger partial charge in [-0.3, -0.25) is 4.40 Å². The van der Waals surface area contributed by atoms with E-state index in [2.05, 4.69) is 17.3 Å². The molecule has 0 aliphatic heterocycles. The fourth-order valence-corrected chi connectivity index (χ4v) is 1.80. The van der Waals surface area contributed by atoms with E-state index in [-0.39, 0.29) is 5.69 Å². The Hall–Kier alpha value is -1.62. The quantitative estimate of drug-likeness (QED) is 0.755. The number of aromatic nitrogens is 3. The molecule has 2 rings (SSSR count). The summed E-state index contributed by atoms with van der Waals surface area (Å²) in [7, 11) is 0. The lowest BCUT2D eigenvalue weighted by atomic mass is 10.3. The molecule has 92 valence electrons. The van der Waals surface area contributed by atoms with Gasteiger partial charge >= 0.3 is 5.69 Å². The summed E-state index contributed by atoms with van der Waals surface area (Å²) in [5.74, 6) is 0. The average Bonchev–Trinajstić information content (AvgIpc) is 2.67. The molecule has 5 heteroatoms. The molecule has 0 aliphatic rings. The van der Waals surface area contributed by atoms with Crippen LogP contribution in [0, 0.1) is 0 Å². The largest absolute Gasteiger partial charge is 0.350 e. The third-order valence-electron chi connectivity index (χ3n) is 2.71. The van der Waals surface area contributed by atoms with E-state index < -0.39 is 0 Å². The molecule has 0 radical (unpaired) electrons. The maximum absolute atomic E-state index is 11.9. The van der Waals surface area contributed by atoms with Crippen LogP contribution < -0.4 is 11.0 Å². The lowest BCUT2D eigenvalue weighted by Crippen LogP contribution is -2.22. The van der Waals surface area contributed by atoms with Crippen molar-refractivity contribution in [1.29, 1.82) is 0 Å². The van der Waals surface area contributed by atoms with Gasteiger partial charge in [0.2, 0.25) is 0 Å². The van der Waals surface area contributed by atoms with Crippen molar-refractivity contribution in [2.45, 2.75) is 26.3 Å². The van der Waals surface area contributed by atoms with Crippen molar-refractivity contribution in [1.82, 2.24) is 19.5 Å². The fraction of sp³-hybridized carbons (Fsp3) is 0.500. The van der Waals surface area contributed by atoms with Gasteiger partial charge in [0.15, 0.2) is 5.65 Å². The van der Waals surface area contributed by atoms with Crippen LogP contribution in [0.3, 0.4) is 0 Å².